The number of aryl methyl sites for hydroxylation is 3. The van der Waals surface area contributed by atoms with Crippen LogP contribution in [0, 0.1) is 20.8 Å². The molecule has 1 N–H and O–H groups in total. The van der Waals surface area contributed by atoms with E-state index in [9.17, 15) is 4.79 Å². The first-order chi connectivity index (χ1) is 11.3. The lowest BCUT2D eigenvalue weighted by molar-refractivity contribution is 0.102. The topological polar surface area (TPSA) is 42.0 Å². The molecule has 5 heteroatoms. The van der Waals surface area contributed by atoms with Crippen LogP contribution in [-0.4, -0.2) is 10.9 Å². The Kier molecular flexibility index (Phi) is 4.48. The molecule has 3 rings (SSSR count). The van der Waals surface area contributed by atoms with E-state index in [1.165, 1.54) is 0 Å². The summed E-state index contributed by atoms with van der Waals surface area (Å²) in [7, 11) is 0. The van der Waals surface area contributed by atoms with E-state index in [4.69, 9.17) is 23.2 Å². The number of hydrogen-bond acceptors (Lipinski definition) is 2. The van der Waals surface area contributed by atoms with Crippen molar-refractivity contribution in [3.8, 4) is 0 Å². The molecule has 122 valence electrons. The van der Waals surface area contributed by atoms with Crippen LogP contribution in [0.4, 0.5) is 5.69 Å². The average Bonchev–Trinajstić information content (AvgIpc) is 2.48. The zero-order valence-electron chi connectivity index (χ0n) is 13.6. The zero-order chi connectivity index (χ0) is 17.4. The van der Waals surface area contributed by atoms with Gasteiger partial charge in [0.15, 0.2) is 0 Å². The first-order valence-electron chi connectivity index (χ1n) is 7.50. The van der Waals surface area contributed by atoms with E-state index in [0.29, 0.717) is 15.6 Å². The van der Waals surface area contributed by atoms with Crippen LogP contribution in [0.1, 0.15) is 27.2 Å². The van der Waals surface area contributed by atoms with Crippen molar-refractivity contribution in [1.29, 1.82) is 0 Å². The summed E-state index contributed by atoms with van der Waals surface area (Å²) in [6.07, 6.45) is 0. The molecule has 1 heterocycles. The maximum atomic E-state index is 12.6. The van der Waals surface area contributed by atoms with Crippen molar-refractivity contribution in [3.63, 3.8) is 0 Å². The van der Waals surface area contributed by atoms with Crippen LogP contribution < -0.4 is 5.32 Å². The number of halogens is 2. The van der Waals surface area contributed by atoms with Gasteiger partial charge in [0, 0.05) is 16.1 Å². The number of fused-ring (bicyclic) bond motifs is 1. The summed E-state index contributed by atoms with van der Waals surface area (Å²) in [5.41, 5.74) is 5.03. The predicted octanol–water partition coefficient (Wildman–Crippen LogP) is 5.72. The molecule has 2 aromatic carbocycles. The third kappa shape index (κ3) is 3.23. The van der Waals surface area contributed by atoms with E-state index in [0.717, 1.165) is 33.4 Å². The van der Waals surface area contributed by atoms with Crippen LogP contribution in [0.15, 0.2) is 36.4 Å². The lowest BCUT2D eigenvalue weighted by Gasteiger charge is -2.13. The van der Waals surface area contributed by atoms with E-state index in [2.05, 4.69) is 16.4 Å². The summed E-state index contributed by atoms with van der Waals surface area (Å²) >= 11 is 12.0. The molecule has 0 saturated carbocycles. The molecule has 3 nitrogen and oxygen atoms in total. The van der Waals surface area contributed by atoms with Crippen LogP contribution in [0.3, 0.4) is 0 Å². The number of amides is 1. The maximum absolute atomic E-state index is 12.6. The largest absolute Gasteiger partial charge is 0.321 e. The first-order valence-corrected chi connectivity index (χ1v) is 8.26. The van der Waals surface area contributed by atoms with E-state index < -0.39 is 0 Å². The third-order valence-corrected chi connectivity index (χ3v) is 4.35. The molecular formula is C19H16Cl2N2O. The minimum absolute atomic E-state index is 0.275. The molecule has 0 aliphatic rings. The Morgan fingerprint density at radius 1 is 1.04 bits per heavy atom. The quantitative estimate of drug-likeness (QED) is 0.636. The predicted molar refractivity (Wildman–Crippen MR) is 100 cm³/mol. The van der Waals surface area contributed by atoms with Gasteiger partial charge in [0.25, 0.3) is 5.91 Å². The molecule has 1 aromatic heterocycles. The number of anilines is 1. The van der Waals surface area contributed by atoms with E-state index >= 15 is 0 Å². The van der Waals surface area contributed by atoms with Gasteiger partial charge in [0.1, 0.15) is 0 Å². The number of hydrogen-bond donors (Lipinski definition) is 1. The summed E-state index contributed by atoms with van der Waals surface area (Å²) < 4.78 is 0. The summed E-state index contributed by atoms with van der Waals surface area (Å²) in [5.74, 6) is -0.275. The molecule has 0 spiro atoms. The minimum Gasteiger partial charge on any atom is -0.321 e. The van der Waals surface area contributed by atoms with Crippen LogP contribution >= 0.6 is 23.2 Å². The fourth-order valence-electron chi connectivity index (χ4n) is 2.78. The zero-order valence-corrected chi connectivity index (χ0v) is 15.1. The van der Waals surface area contributed by atoms with Gasteiger partial charge in [0.05, 0.1) is 21.8 Å². The summed E-state index contributed by atoms with van der Waals surface area (Å²) in [6, 6.07) is 10.8. The highest BCUT2D eigenvalue weighted by Gasteiger charge is 2.14. The number of carbonyl (C=O) groups is 1. The number of nitrogens with zero attached hydrogens (tertiary/aromatic N) is 1. The molecule has 0 fully saturated rings. The van der Waals surface area contributed by atoms with Gasteiger partial charge >= 0.3 is 0 Å². The second-order valence-electron chi connectivity index (χ2n) is 5.87. The molecule has 3 aromatic rings. The van der Waals surface area contributed by atoms with Crippen molar-refractivity contribution < 1.29 is 4.79 Å². The molecule has 24 heavy (non-hydrogen) atoms. The highest BCUT2D eigenvalue weighted by molar-refractivity contribution is 6.37. The van der Waals surface area contributed by atoms with Crippen LogP contribution in [0.25, 0.3) is 10.9 Å². The van der Waals surface area contributed by atoms with Crippen molar-refractivity contribution in [1.82, 2.24) is 4.98 Å². The van der Waals surface area contributed by atoms with Crippen molar-refractivity contribution in [3.05, 3.63) is 68.8 Å². The van der Waals surface area contributed by atoms with Gasteiger partial charge in [-0.25, -0.2) is 0 Å². The van der Waals surface area contributed by atoms with Crippen LogP contribution in [0.5, 0.6) is 0 Å². The van der Waals surface area contributed by atoms with Gasteiger partial charge < -0.3 is 5.32 Å². The molecule has 0 atom stereocenters. The fraction of sp³-hybridized carbons (Fsp3) is 0.158. The molecule has 0 aliphatic heterocycles. The number of pyridine rings is 1. The Balaban J connectivity index is 2.08. The summed E-state index contributed by atoms with van der Waals surface area (Å²) in [4.78, 5) is 17.2. The monoisotopic (exact) mass is 358 g/mol. The summed E-state index contributed by atoms with van der Waals surface area (Å²) in [6.45, 7) is 5.95. The fourth-order valence-corrected chi connectivity index (χ4v) is 3.27. The Bertz CT molecular complexity index is 967. The maximum Gasteiger partial charge on any atom is 0.257 e. The van der Waals surface area contributed by atoms with Crippen molar-refractivity contribution in [2.75, 3.05) is 5.32 Å². The Hall–Kier alpha value is -2.10. The van der Waals surface area contributed by atoms with Gasteiger partial charge in [0.2, 0.25) is 0 Å². The van der Waals surface area contributed by atoms with Gasteiger partial charge in [-0.05, 0) is 56.7 Å². The highest BCUT2D eigenvalue weighted by atomic mass is 35.5. The Morgan fingerprint density at radius 2 is 1.79 bits per heavy atom. The highest BCUT2D eigenvalue weighted by Crippen LogP contribution is 2.28. The number of carbonyl (C=O) groups excluding carboxylic acids is 1. The van der Waals surface area contributed by atoms with Crippen molar-refractivity contribution in [2.24, 2.45) is 0 Å². The number of benzene rings is 2. The summed E-state index contributed by atoms with van der Waals surface area (Å²) in [5, 5.41) is 4.68. The molecule has 1 amide bonds. The number of rotatable bonds is 2. The Labute approximate surface area is 150 Å². The molecule has 0 bridgehead atoms. The SMILES string of the molecule is Cc1cc(C)c2nc(C)cc(NC(=O)c3ccc(Cl)cc3Cl)c2c1. The number of nitrogens with one attached hydrogen (secondary N) is 1. The molecule has 0 saturated heterocycles. The number of aromatic nitrogens is 1. The van der Waals surface area contributed by atoms with Gasteiger partial charge in [-0.15, -0.1) is 0 Å². The second kappa shape index (κ2) is 6.42. The van der Waals surface area contributed by atoms with E-state index in [-0.39, 0.29) is 5.91 Å². The lowest BCUT2D eigenvalue weighted by Crippen LogP contribution is -2.13. The van der Waals surface area contributed by atoms with Gasteiger partial charge in [-0.3, -0.25) is 9.78 Å². The molecule has 0 radical (unpaired) electrons. The van der Waals surface area contributed by atoms with Gasteiger partial charge in [-0.2, -0.15) is 0 Å². The molecule has 0 unspecified atom stereocenters. The van der Waals surface area contributed by atoms with Crippen molar-refractivity contribution >= 4 is 45.7 Å². The smallest absolute Gasteiger partial charge is 0.257 e. The standard InChI is InChI=1S/C19H16Cl2N2O/c1-10-6-11(2)18-15(7-10)17(8-12(3)22-18)23-19(24)14-5-4-13(20)9-16(14)21/h4-9H,1-3H3,(H,22,23,24). The molecule has 0 aliphatic carbocycles. The minimum atomic E-state index is -0.275. The normalized spacial score (nSPS) is 10.9. The van der Waals surface area contributed by atoms with E-state index in [1.807, 2.05) is 32.9 Å². The van der Waals surface area contributed by atoms with Gasteiger partial charge in [-0.1, -0.05) is 34.8 Å². The average molecular weight is 359 g/mol. The molecular weight excluding hydrogens is 343 g/mol. The third-order valence-electron chi connectivity index (χ3n) is 3.80. The Morgan fingerprint density at radius 3 is 2.50 bits per heavy atom. The first kappa shape index (κ1) is 16.7. The van der Waals surface area contributed by atoms with E-state index in [1.54, 1.807) is 18.2 Å². The van der Waals surface area contributed by atoms with Crippen LogP contribution in [-0.2, 0) is 0 Å². The lowest BCUT2D eigenvalue weighted by atomic mass is 10.0. The van der Waals surface area contributed by atoms with Crippen molar-refractivity contribution in [2.45, 2.75) is 20.8 Å². The van der Waals surface area contributed by atoms with Crippen LogP contribution in [0.2, 0.25) is 10.0 Å². The second-order valence-corrected chi connectivity index (χ2v) is 6.71.